The zero-order valence-electron chi connectivity index (χ0n) is 19.6. The summed E-state index contributed by atoms with van der Waals surface area (Å²) in [4.78, 5) is 3.03. The van der Waals surface area contributed by atoms with Gasteiger partial charge in [0, 0.05) is 6.07 Å². The Morgan fingerprint density at radius 3 is 2.03 bits per heavy atom. The summed E-state index contributed by atoms with van der Waals surface area (Å²) in [5, 5.41) is 0. The smallest absolute Gasteiger partial charge is 0.179 e. The van der Waals surface area contributed by atoms with Crippen molar-refractivity contribution in [1.29, 1.82) is 0 Å². The predicted molar refractivity (Wildman–Crippen MR) is 126 cm³/mol. The van der Waals surface area contributed by atoms with E-state index < -0.39 is 0 Å². The molecule has 3 aromatic carbocycles. The summed E-state index contributed by atoms with van der Waals surface area (Å²) in [6.45, 7) is 6.25. The van der Waals surface area contributed by atoms with Crippen LogP contribution in [0.5, 0.6) is 11.5 Å². The van der Waals surface area contributed by atoms with Gasteiger partial charge in [-0.2, -0.15) is 0 Å². The molecule has 0 aliphatic carbocycles. The highest BCUT2D eigenvalue weighted by Crippen LogP contribution is 2.18. The van der Waals surface area contributed by atoms with Gasteiger partial charge in [0.15, 0.2) is 11.4 Å². The minimum atomic E-state index is 0. The second kappa shape index (κ2) is 14.9. The van der Waals surface area contributed by atoms with Crippen LogP contribution in [-0.4, -0.2) is 52.5 Å². The molecular weight excluding hydrogens is 471 g/mol. The molecule has 1 saturated heterocycles. The molecule has 5 nitrogen and oxygen atoms in total. The highest BCUT2D eigenvalue weighted by molar-refractivity contribution is 5.45. The van der Waals surface area contributed by atoms with Crippen LogP contribution < -0.4 is 44.1 Å². The molecule has 0 saturated carbocycles. The summed E-state index contributed by atoms with van der Waals surface area (Å²) >= 11 is 0. The lowest BCUT2D eigenvalue weighted by atomic mass is 10.2. The Kier molecular flexibility index (Phi) is 12.2. The predicted octanol–water partition coefficient (Wildman–Crippen LogP) is -4.22. The first-order chi connectivity index (χ1) is 15.8. The van der Waals surface area contributed by atoms with Crippen molar-refractivity contribution in [3.63, 3.8) is 0 Å². The molecule has 1 aliphatic rings. The van der Waals surface area contributed by atoms with Gasteiger partial charge in [-0.05, 0) is 23.8 Å². The van der Waals surface area contributed by atoms with Crippen LogP contribution in [0, 0.1) is 0 Å². The number of hydrogen-bond donors (Lipinski definition) is 2. The maximum Gasteiger partial charge on any atom is 0.179 e. The van der Waals surface area contributed by atoms with E-state index in [1.54, 1.807) is 12.0 Å². The van der Waals surface area contributed by atoms with Gasteiger partial charge in [-0.25, -0.2) is 0 Å². The number of benzene rings is 3. The number of ether oxygens (including phenoxy) is 3. The molecule has 2 N–H and O–H groups in total. The highest BCUT2D eigenvalue weighted by atomic mass is 35.5. The van der Waals surface area contributed by atoms with Crippen molar-refractivity contribution in [2.24, 2.45) is 0 Å². The maximum atomic E-state index is 6.14. The van der Waals surface area contributed by atoms with Gasteiger partial charge in [-0.1, -0.05) is 60.7 Å². The van der Waals surface area contributed by atoms with Gasteiger partial charge in [0.1, 0.15) is 51.2 Å². The summed E-state index contributed by atoms with van der Waals surface area (Å²) in [5.41, 5.74) is 2.46. The van der Waals surface area contributed by atoms with Crippen LogP contribution in [0.25, 0.3) is 0 Å². The zero-order valence-corrected chi connectivity index (χ0v) is 21.1. The summed E-state index contributed by atoms with van der Waals surface area (Å²) in [7, 11) is 1.75. The second-order valence-corrected chi connectivity index (χ2v) is 8.28. The van der Waals surface area contributed by atoms with Gasteiger partial charge in [0.05, 0.1) is 13.7 Å². The molecule has 0 radical (unpaired) electrons. The van der Waals surface area contributed by atoms with Crippen LogP contribution in [0.2, 0.25) is 0 Å². The van der Waals surface area contributed by atoms with E-state index in [9.17, 15) is 0 Å². The van der Waals surface area contributed by atoms with Crippen molar-refractivity contribution < 1.29 is 48.8 Å². The van der Waals surface area contributed by atoms with E-state index in [4.69, 9.17) is 14.2 Å². The first kappa shape index (κ1) is 28.0. The van der Waals surface area contributed by atoms with Crippen LogP contribution in [0.1, 0.15) is 5.56 Å². The van der Waals surface area contributed by atoms with E-state index in [-0.39, 0.29) is 30.9 Å². The molecule has 3 aromatic rings. The van der Waals surface area contributed by atoms with Crippen molar-refractivity contribution in [3.05, 3.63) is 90.5 Å². The van der Waals surface area contributed by atoms with E-state index in [2.05, 4.69) is 42.5 Å². The minimum Gasteiger partial charge on any atom is -1.00 e. The lowest BCUT2D eigenvalue weighted by Crippen LogP contribution is -3.28. The molecule has 1 fully saturated rings. The maximum absolute atomic E-state index is 6.14. The van der Waals surface area contributed by atoms with Crippen LogP contribution in [0.4, 0.5) is 5.69 Å². The van der Waals surface area contributed by atoms with E-state index in [0.717, 1.165) is 37.7 Å². The highest BCUT2D eigenvalue weighted by Gasteiger charge is 2.32. The summed E-state index contributed by atoms with van der Waals surface area (Å²) < 4.78 is 17.9. The minimum absolute atomic E-state index is 0. The van der Waals surface area contributed by atoms with Crippen molar-refractivity contribution in [2.75, 3.05) is 46.5 Å². The van der Waals surface area contributed by atoms with E-state index in [1.165, 1.54) is 16.2 Å². The molecule has 0 amide bonds. The molecule has 1 unspecified atom stereocenters. The molecule has 1 atom stereocenters. The summed E-state index contributed by atoms with van der Waals surface area (Å²) in [6.07, 6.45) is 0. The Morgan fingerprint density at radius 2 is 1.35 bits per heavy atom. The van der Waals surface area contributed by atoms with Gasteiger partial charge >= 0.3 is 0 Å². The Bertz CT molecular complexity index is 939. The van der Waals surface area contributed by atoms with Gasteiger partial charge < -0.3 is 43.9 Å². The first-order valence-electron chi connectivity index (χ1n) is 11.5. The number of nitrogens with one attached hydrogen (secondary N) is 2. The third kappa shape index (κ3) is 7.90. The van der Waals surface area contributed by atoms with Gasteiger partial charge in [-0.3, -0.25) is 4.90 Å². The Morgan fingerprint density at radius 1 is 0.735 bits per heavy atom. The van der Waals surface area contributed by atoms with Gasteiger partial charge in [0.25, 0.3) is 0 Å². The molecule has 1 aliphatic heterocycles. The fourth-order valence-electron chi connectivity index (χ4n) is 4.38. The van der Waals surface area contributed by atoms with Crippen molar-refractivity contribution in [1.82, 2.24) is 0 Å². The fourth-order valence-corrected chi connectivity index (χ4v) is 4.38. The number of para-hydroxylation sites is 3. The number of hydrogen-bond acceptors (Lipinski definition) is 3. The SMILES string of the molecule is COc1ccccc1[NH+]1CC[NH+](C(COCc2ccccc2)COc2ccccc2)CC1.[Cl-].[Cl-]. The fraction of sp³-hybridized carbons (Fsp3) is 0.333. The van der Waals surface area contributed by atoms with E-state index >= 15 is 0 Å². The van der Waals surface area contributed by atoms with Crippen LogP contribution in [0.3, 0.4) is 0 Å². The zero-order chi connectivity index (χ0) is 22.0. The lowest BCUT2D eigenvalue weighted by Gasteiger charge is -2.34. The molecule has 34 heavy (non-hydrogen) atoms. The second-order valence-electron chi connectivity index (χ2n) is 8.28. The van der Waals surface area contributed by atoms with Crippen molar-refractivity contribution in [2.45, 2.75) is 12.6 Å². The monoisotopic (exact) mass is 504 g/mol. The van der Waals surface area contributed by atoms with E-state index in [1.807, 2.05) is 42.5 Å². The molecule has 184 valence electrons. The van der Waals surface area contributed by atoms with Crippen LogP contribution >= 0.6 is 0 Å². The largest absolute Gasteiger partial charge is 1.00 e. The third-order valence-corrected chi connectivity index (χ3v) is 6.19. The number of piperazine rings is 1. The molecule has 0 bridgehead atoms. The quantitative estimate of drug-likeness (QED) is 0.294. The normalized spacial score (nSPS) is 18.1. The molecule has 1 heterocycles. The van der Waals surface area contributed by atoms with Gasteiger partial charge in [-0.15, -0.1) is 0 Å². The van der Waals surface area contributed by atoms with Gasteiger partial charge in [0.2, 0.25) is 0 Å². The average molecular weight is 505 g/mol. The molecule has 7 heteroatoms. The van der Waals surface area contributed by atoms with Crippen LogP contribution in [0.15, 0.2) is 84.9 Å². The van der Waals surface area contributed by atoms with Crippen molar-refractivity contribution >= 4 is 5.69 Å². The van der Waals surface area contributed by atoms with Crippen LogP contribution in [-0.2, 0) is 11.3 Å². The Balaban J connectivity index is 0.00000204. The molecule has 0 aromatic heterocycles. The summed E-state index contributed by atoms with van der Waals surface area (Å²) in [6, 6.07) is 29.1. The number of rotatable bonds is 10. The first-order valence-corrected chi connectivity index (χ1v) is 11.5. The topological polar surface area (TPSA) is 36.6 Å². The number of quaternary nitrogens is 2. The summed E-state index contributed by atoms with van der Waals surface area (Å²) in [5.74, 6) is 1.89. The number of methoxy groups -OCH3 is 1. The number of halogens is 2. The Hall–Kier alpha value is -2.28. The molecular formula is C27H34Cl2N2O3. The average Bonchev–Trinajstić information content (AvgIpc) is 2.87. The Labute approximate surface area is 215 Å². The van der Waals surface area contributed by atoms with Crippen molar-refractivity contribution in [3.8, 4) is 11.5 Å². The third-order valence-electron chi connectivity index (χ3n) is 6.19. The molecule has 4 rings (SSSR count). The standard InChI is InChI=1S/C27H32N2O3.2ClH/c1-30-27-15-9-8-14-26(27)29-18-16-28(17-19-29)24(22-32-25-12-6-3-7-13-25)21-31-20-23-10-4-2-5-11-23;;/h2-15,24H,16-22H2,1H3;2*1H. The van der Waals surface area contributed by atoms with E-state index in [0.29, 0.717) is 19.8 Å². The molecule has 0 spiro atoms. The lowest BCUT2D eigenvalue weighted by molar-refractivity contribution is -1.00.